The molecular weight excluding hydrogens is 122 g/mol. The molecule has 0 aliphatic heterocycles. The molecule has 0 rings (SSSR count). The SMILES string of the molecule is CCOC(=O)F.Cl. The summed E-state index contributed by atoms with van der Waals surface area (Å²) in [7, 11) is 0. The van der Waals surface area contributed by atoms with Crippen molar-refractivity contribution in [3.05, 3.63) is 0 Å². The summed E-state index contributed by atoms with van der Waals surface area (Å²) in [6.07, 6.45) is -1.71. The van der Waals surface area contributed by atoms with E-state index in [9.17, 15) is 4.39 Å². The molecule has 0 aromatic heterocycles. The Morgan fingerprint density at radius 2 is 2.29 bits per heavy atom. The van der Waals surface area contributed by atoms with Gasteiger partial charge in [-0.2, -0.15) is 0 Å². The number of hydrogen-bond donors (Lipinski definition) is 0. The van der Waals surface area contributed by atoms with Crippen LogP contribution in [0.4, 0.5) is 9.18 Å². The van der Waals surface area contributed by atoms with Gasteiger partial charge in [0.2, 0.25) is 0 Å². The molecule has 0 radical (unpaired) electrons. The van der Waals surface area contributed by atoms with Gasteiger partial charge < -0.3 is 4.74 Å². The topological polar surface area (TPSA) is 26.3 Å². The molecule has 7 heavy (non-hydrogen) atoms. The summed E-state index contributed by atoms with van der Waals surface area (Å²) in [5, 5.41) is 0. The lowest BCUT2D eigenvalue weighted by molar-refractivity contribution is 0.126. The zero-order valence-electron chi connectivity index (χ0n) is 3.81. The first-order valence-corrected chi connectivity index (χ1v) is 1.59. The third-order valence-corrected chi connectivity index (χ3v) is 0.258. The van der Waals surface area contributed by atoms with Crippen LogP contribution in [0.2, 0.25) is 0 Å². The third kappa shape index (κ3) is 10.7. The Balaban J connectivity index is 0. The summed E-state index contributed by atoms with van der Waals surface area (Å²) in [6.45, 7) is 1.65. The van der Waals surface area contributed by atoms with E-state index in [4.69, 9.17) is 4.79 Å². The van der Waals surface area contributed by atoms with E-state index in [1.807, 2.05) is 0 Å². The van der Waals surface area contributed by atoms with Gasteiger partial charge in [0.25, 0.3) is 0 Å². The van der Waals surface area contributed by atoms with Crippen molar-refractivity contribution in [2.45, 2.75) is 6.92 Å². The van der Waals surface area contributed by atoms with E-state index in [-0.39, 0.29) is 19.0 Å². The van der Waals surface area contributed by atoms with Crippen LogP contribution < -0.4 is 0 Å². The van der Waals surface area contributed by atoms with Crippen molar-refractivity contribution in [3.63, 3.8) is 0 Å². The van der Waals surface area contributed by atoms with Crippen LogP contribution in [0.3, 0.4) is 0 Å². The van der Waals surface area contributed by atoms with Crippen LogP contribution in [0.1, 0.15) is 6.92 Å². The highest BCUT2D eigenvalue weighted by molar-refractivity contribution is 5.85. The predicted octanol–water partition coefficient (Wildman–Crippen LogP) is 1.53. The van der Waals surface area contributed by atoms with Gasteiger partial charge in [0, 0.05) is 0 Å². The largest absolute Gasteiger partial charge is 0.495 e. The number of hydrogen-bond acceptors (Lipinski definition) is 2. The molecule has 2 nitrogen and oxygen atoms in total. The van der Waals surface area contributed by atoms with Crippen LogP contribution in [-0.4, -0.2) is 12.8 Å². The highest BCUT2D eigenvalue weighted by Crippen LogP contribution is 1.77. The molecule has 0 saturated carbocycles. The summed E-state index contributed by atoms with van der Waals surface area (Å²) < 4.78 is 14.6. The molecule has 0 aromatic rings. The zero-order chi connectivity index (χ0) is 4.99. The Bertz CT molecular complexity index is 56.9. The van der Waals surface area contributed by atoms with Gasteiger partial charge >= 0.3 is 6.22 Å². The minimum Gasteiger partial charge on any atom is -0.441 e. The number of carbonyl (C=O) groups is 1. The summed E-state index contributed by atoms with van der Waals surface area (Å²) in [5.74, 6) is 0. The molecule has 0 aromatic carbocycles. The quantitative estimate of drug-likeness (QED) is 0.501. The minimum atomic E-state index is -1.71. The Hall–Kier alpha value is -0.310. The maximum Gasteiger partial charge on any atom is 0.495 e. The van der Waals surface area contributed by atoms with Gasteiger partial charge in [0.15, 0.2) is 0 Å². The molecule has 0 amide bonds. The maximum atomic E-state index is 10.8. The van der Waals surface area contributed by atoms with Crippen LogP contribution in [-0.2, 0) is 4.74 Å². The van der Waals surface area contributed by atoms with Crippen molar-refractivity contribution in [1.29, 1.82) is 0 Å². The second-order valence-corrected chi connectivity index (χ2v) is 0.671. The number of halogens is 2. The van der Waals surface area contributed by atoms with Gasteiger partial charge in [-0.1, -0.05) is 0 Å². The first-order chi connectivity index (χ1) is 2.77. The fourth-order valence-electron chi connectivity index (χ4n) is 0.113. The summed E-state index contributed by atoms with van der Waals surface area (Å²) >= 11 is 0. The van der Waals surface area contributed by atoms with Crippen LogP contribution in [0.5, 0.6) is 0 Å². The third-order valence-electron chi connectivity index (χ3n) is 0.258. The van der Waals surface area contributed by atoms with Gasteiger partial charge in [-0.3, -0.25) is 0 Å². The molecule has 0 spiro atoms. The normalized spacial score (nSPS) is 6.57. The minimum absolute atomic E-state index is 0. The molecule has 0 saturated heterocycles. The molecule has 0 N–H and O–H groups in total. The molecular formula is C3H6ClFO2. The van der Waals surface area contributed by atoms with Crippen molar-refractivity contribution in [3.8, 4) is 0 Å². The average molecular weight is 129 g/mol. The summed E-state index contributed by atoms with van der Waals surface area (Å²) in [4.78, 5) is 9.15. The second-order valence-electron chi connectivity index (χ2n) is 0.671. The van der Waals surface area contributed by atoms with Gasteiger partial charge in [-0.05, 0) is 6.92 Å². The van der Waals surface area contributed by atoms with Crippen molar-refractivity contribution < 1.29 is 13.9 Å². The highest BCUT2D eigenvalue weighted by Gasteiger charge is 1.89. The first-order valence-electron chi connectivity index (χ1n) is 1.59. The van der Waals surface area contributed by atoms with E-state index >= 15 is 0 Å². The number of carbonyl (C=O) groups excluding carboxylic acids is 1. The Kier molecular flexibility index (Phi) is 8.00. The van der Waals surface area contributed by atoms with Crippen molar-refractivity contribution in [2.75, 3.05) is 6.61 Å². The molecule has 0 aliphatic carbocycles. The fourth-order valence-corrected chi connectivity index (χ4v) is 0.113. The lowest BCUT2D eigenvalue weighted by Crippen LogP contribution is -1.90. The Morgan fingerprint density at radius 1 is 1.86 bits per heavy atom. The molecule has 4 heteroatoms. The molecule has 0 aliphatic rings. The predicted molar refractivity (Wildman–Crippen MR) is 25.4 cm³/mol. The van der Waals surface area contributed by atoms with Crippen LogP contribution in [0, 0.1) is 0 Å². The van der Waals surface area contributed by atoms with E-state index in [1.165, 1.54) is 6.92 Å². The van der Waals surface area contributed by atoms with E-state index in [2.05, 4.69) is 4.74 Å². The smallest absolute Gasteiger partial charge is 0.441 e. The van der Waals surface area contributed by atoms with Crippen molar-refractivity contribution in [2.24, 2.45) is 0 Å². The van der Waals surface area contributed by atoms with E-state index in [0.717, 1.165) is 0 Å². The second kappa shape index (κ2) is 5.69. The van der Waals surface area contributed by atoms with Crippen LogP contribution in [0.25, 0.3) is 0 Å². The van der Waals surface area contributed by atoms with Gasteiger partial charge in [0.1, 0.15) is 0 Å². The van der Waals surface area contributed by atoms with E-state index in [1.54, 1.807) is 0 Å². The van der Waals surface area contributed by atoms with Gasteiger partial charge in [-0.25, -0.2) is 4.79 Å². The average Bonchev–Trinajstić information content (AvgIpc) is 1.35. The van der Waals surface area contributed by atoms with Crippen molar-refractivity contribution in [1.82, 2.24) is 0 Å². The van der Waals surface area contributed by atoms with Gasteiger partial charge in [-0.15, -0.1) is 16.8 Å². The lowest BCUT2D eigenvalue weighted by Gasteiger charge is -1.85. The maximum absolute atomic E-state index is 10.8. The molecule has 0 heterocycles. The first kappa shape index (κ1) is 9.85. The highest BCUT2D eigenvalue weighted by atomic mass is 35.5. The summed E-state index contributed by atoms with van der Waals surface area (Å²) in [6, 6.07) is 0. The van der Waals surface area contributed by atoms with E-state index in [0.29, 0.717) is 0 Å². The molecule has 44 valence electrons. The zero-order valence-corrected chi connectivity index (χ0v) is 4.63. The van der Waals surface area contributed by atoms with Crippen molar-refractivity contribution >= 4 is 18.6 Å². The molecule has 0 bridgehead atoms. The summed E-state index contributed by atoms with van der Waals surface area (Å²) in [5.41, 5.74) is 0. The standard InChI is InChI=1S/C3H5FO2.ClH/c1-2-6-3(4)5;/h2H2,1H3;1H. The fraction of sp³-hybridized carbons (Fsp3) is 0.667. The number of rotatable bonds is 1. The van der Waals surface area contributed by atoms with Crippen LogP contribution >= 0.6 is 12.4 Å². The Labute approximate surface area is 47.1 Å². The van der Waals surface area contributed by atoms with Crippen LogP contribution in [0.15, 0.2) is 0 Å². The van der Waals surface area contributed by atoms with E-state index < -0.39 is 6.22 Å². The monoisotopic (exact) mass is 128 g/mol. The molecule has 0 atom stereocenters. The Morgan fingerprint density at radius 3 is 2.29 bits per heavy atom. The number of ether oxygens (including phenoxy) is 1. The molecule has 0 fully saturated rings. The molecule has 0 unspecified atom stereocenters. The lowest BCUT2D eigenvalue weighted by atomic mass is 10.9. The van der Waals surface area contributed by atoms with Gasteiger partial charge in [0.05, 0.1) is 6.61 Å².